The Balaban J connectivity index is 2.18. The van der Waals surface area contributed by atoms with Crippen molar-refractivity contribution < 1.29 is 0 Å². The molecular weight excluding hydrogens is 234 g/mol. The Labute approximate surface area is 117 Å². The molecule has 1 aliphatic heterocycles. The molecule has 2 heterocycles. The molecule has 0 bridgehead atoms. The van der Waals surface area contributed by atoms with Gasteiger partial charge in [-0.05, 0) is 31.7 Å². The molecule has 1 N–H and O–H groups in total. The summed E-state index contributed by atoms with van der Waals surface area (Å²) in [4.78, 5) is 7.14. The van der Waals surface area contributed by atoms with Crippen molar-refractivity contribution in [3.05, 3.63) is 23.9 Å². The molecule has 0 aliphatic carbocycles. The SMILES string of the molecule is CC1CCC(C)N(c2ncccc2CNC(C)C)C1. The summed E-state index contributed by atoms with van der Waals surface area (Å²) < 4.78 is 0. The molecule has 3 heteroatoms. The van der Waals surface area contributed by atoms with Crippen LogP contribution in [0.25, 0.3) is 0 Å². The van der Waals surface area contributed by atoms with E-state index in [0.29, 0.717) is 12.1 Å². The Bertz CT molecular complexity index is 403. The maximum absolute atomic E-state index is 4.65. The molecule has 2 rings (SSSR count). The normalized spacial score (nSPS) is 23.9. The second-order valence-electron chi connectivity index (χ2n) is 6.21. The Hall–Kier alpha value is -1.09. The monoisotopic (exact) mass is 261 g/mol. The lowest BCUT2D eigenvalue weighted by Gasteiger charge is -2.38. The van der Waals surface area contributed by atoms with Crippen molar-refractivity contribution in [2.75, 3.05) is 11.4 Å². The fourth-order valence-corrected chi connectivity index (χ4v) is 2.72. The van der Waals surface area contributed by atoms with Gasteiger partial charge in [0, 0.05) is 36.9 Å². The summed E-state index contributed by atoms with van der Waals surface area (Å²) >= 11 is 0. The van der Waals surface area contributed by atoms with E-state index < -0.39 is 0 Å². The molecule has 1 fully saturated rings. The van der Waals surface area contributed by atoms with Crippen LogP contribution in [0.4, 0.5) is 5.82 Å². The van der Waals surface area contributed by atoms with Crippen molar-refractivity contribution in [2.45, 2.75) is 59.2 Å². The quantitative estimate of drug-likeness (QED) is 0.902. The summed E-state index contributed by atoms with van der Waals surface area (Å²) in [7, 11) is 0. The predicted molar refractivity (Wildman–Crippen MR) is 81.4 cm³/mol. The number of nitrogens with zero attached hydrogens (tertiary/aromatic N) is 2. The van der Waals surface area contributed by atoms with E-state index in [1.807, 2.05) is 12.3 Å². The minimum absolute atomic E-state index is 0.505. The maximum Gasteiger partial charge on any atom is 0.133 e. The van der Waals surface area contributed by atoms with Crippen LogP contribution >= 0.6 is 0 Å². The lowest BCUT2D eigenvalue weighted by Crippen LogP contribution is -2.42. The van der Waals surface area contributed by atoms with Crippen LogP contribution in [0.3, 0.4) is 0 Å². The zero-order valence-electron chi connectivity index (χ0n) is 12.7. The fourth-order valence-electron chi connectivity index (χ4n) is 2.72. The molecule has 1 aromatic heterocycles. The van der Waals surface area contributed by atoms with E-state index in [1.165, 1.54) is 24.2 Å². The van der Waals surface area contributed by atoms with E-state index >= 15 is 0 Å². The maximum atomic E-state index is 4.65. The molecule has 0 saturated carbocycles. The Kier molecular flexibility index (Phi) is 4.81. The molecule has 19 heavy (non-hydrogen) atoms. The summed E-state index contributed by atoms with van der Waals surface area (Å²) in [6.07, 6.45) is 4.53. The minimum Gasteiger partial charge on any atom is -0.353 e. The molecule has 2 atom stereocenters. The molecule has 1 aromatic rings. The molecule has 1 aliphatic rings. The molecule has 1 saturated heterocycles. The third kappa shape index (κ3) is 3.69. The molecule has 0 amide bonds. The van der Waals surface area contributed by atoms with Crippen LogP contribution in [0.1, 0.15) is 46.1 Å². The number of rotatable bonds is 4. The summed E-state index contributed by atoms with van der Waals surface area (Å²) in [5, 5.41) is 3.50. The number of nitrogens with one attached hydrogen (secondary N) is 1. The number of anilines is 1. The Morgan fingerprint density at radius 3 is 2.89 bits per heavy atom. The first kappa shape index (κ1) is 14.3. The lowest BCUT2D eigenvalue weighted by molar-refractivity contribution is 0.387. The van der Waals surface area contributed by atoms with Crippen LogP contribution in [-0.2, 0) is 6.54 Å². The van der Waals surface area contributed by atoms with Gasteiger partial charge >= 0.3 is 0 Å². The molecule has 3 nitrogen and oxygen atoms in total. The average Bonchev–Trinajstić information content (AvgIpc) is 2.39. The van der Waals surface area contributed by atoms with E-state index in [4.69, 9.17) is 0 Å². The molecule has 0 aromatic carbocycles. The van der Waals surface area contributed by atoms with Crippen LogP contribution < -0.4 is 10.2 Å². The van der Waals surface area contributed by atoms with E-state index in [0.717, 1.165) is 19.0 Å². The van der Waals surface area contributed by atoms with Gasteiger partial charge in [-0.1, -0.05) is 26.8 Å². The molecule has 0 spiro atoms. The highest BCUT2D eigenvalue weighted by Gasteiger charge is 2.25. The van der Waals surface area contributed by atoms with Gasteiger partial charge in [-0.3, -0.25) is 0 Å². The largest absolute Gasteiger partial charge is 0.353 e. The van der Waals surface area contributed by atoms with Gasteiger partial charge in [0.25, 0.3) is 0 Å². The third-order valence-corrected chi connectivity index (χ3v) is 3.96. The van der Waals surface area contributed by atoms with Gasteiger partial charge in [0.05, 0.1) is 0 Å². The van der Waals surface area contributed by atoms with E-state index in [2.05, 4.69) is 49.0 Å². The number of aromatic nitrogens is 1. The minimum atomic E-state index is 0.505. The summed E-state index contributed by atoms with van der Waals surface area (Å²) in [5.41, 5.74) is 1.32. The van der Waals surface area contributed by atoms with E-state index in [1.54, 1.807) is 0 Å². The standard InChI is InChI=1S/C16H27N3/c1-12(2)18-10-15-6-5-9-17-16(15)19-11-13(3)7-8-14(19)4/h5-6,9,12-14,18H,7-8,10-11H2,1-4H3. The number of hydrogen-bond donors (Lipinski definition) is 1. The number of piperidine rings is 1. The smallest absolute Gasteiger partial charge is 0.133 e. The summed E-state index contributed by atoms with van der Waals surface area (Å²) in [6, 6.07) is 5.34. The fraction of sp³-hybridized carbons (Fsp3) is 0.688. The molecular formula is C16H27N3. The summed E-state index contributed by atoms with van der Waals surface area (Å²) in [6.45, 7) is 11.1. The molecule has 0 radical (unpaired) electrons. The average molecular weight is 261 g/mol. The first-order valence-corrected chi connectivity index (χ1v) is 7.52. The third-order valence-electron chi connectivity index (χ3n) is 3.96. The van der Waals surface area contributed by atoms with Crippen LogP contribution in [0.5, 0.6) is 0 Å². The van der Waals surface area contributed by atoms with Crippen LogP contribution in [0.2, 0.25) is 0 Å². The van der Waals surface area contributed by atoms with Gasteiger partial charge < -0.3 is 10.2 Å². The zero-order chi connectivity index (χ0) is 13.8. The number of hydrogen-bond acceptors (Lipinski definition) is 3. The van der Waals surface area contributed by atoms with Crippen molar-refractivity contribution in [1.29, 1.82) is 0 Å². The van der Waals surface area contributed by atoms with Crippen molar-refractivity contribution in [3.8, 4) is 0 Å². The van der Waals surface area contributed by atoms with Crippen molar-refractivity contribution in [1.82, 2.24) is 10.3 Å². The first-order valence-electron chi connectivity index (χ1n) is 7.52. The van der Waals surface area contributed by atoms with Crippen molar-refractivity contribution in [3.63, 3.8) is 0 Å². The topological polar surface area (TPSA) is 28.2 Å². The molecule has 106 valence electrons. The highest BCUT2D eigenvalue weighted by atomic mass is 15.2. The van der Waals surface area contributed by atoms with Crippen LogP contribution in [-0.4, -0.2) is 23.6 Å². The Morgan fingerprint density at radius 2 is 2.16 bits per heavy atom. The van der Waals surface area contributed by atoms with Gasteiger partial charge in [0.15, 0.2) is 0 Å². The van der Waals surface area contributed by atoms with Gasteiger partial charge in [-0.15, -0.1) is 0 Å². The zero-order valence-corrected chi connectivity index (χ0v) is 12.7. The van der Waals surface area contributed by atoms with Gasteiger partial charge in [0.2, 0.25) is 0 Å². The summed E-state index contributed by atoms with van der Waals surface area (Å²) in [5.74, 6) is 1.94. The van der Waals surface area contributed by atoms with Crippen molar-refractivity contribution in [2.24, 2.45) is 5.92 Å². The van der Waals surface area contributed by atoms with Gasteiger partial charge in [0.1, 0.15) is 5.82 Å². The van der Waals surface area contributed by atoms with Gasteiger partial charge in [-0.2, -0.15) is 0 Å². The molecule has 2 unspecified atom stereocenters. The predicted octanol–water partition coefficient (Wildman–Crippen LogP) is 3.20. The van der Waals surface area contributed by atoms with Crippen molar-refractivity contribution >= 4 is 5.82 Å². The highest BCUT2D eigenvalue weighted by Crippen LogP contribution is 2.28. The van der Waals surface area contributed by atoms with Gasteiger partial charge in [-0.25, -0.2) is 4.98 Å². The van der Waals surface area contributed by atoms with E-state index in [9.17, 15) is 0 Å². The van der Waals surface area contributed by atoms with Crippen LogP contribution in [0.15, 0.2) is 18.3 Å². The highest BCUT2D eigenvalue weighted by molar-refractivity contribution is 5.48. The van der Waals surface area contributed by atoms with E-state index in [-0.39, 0.29) is 0 Å². The Morgan fingerprint density at radius 1 is 1.37 bits per heavy atom. The lowest BCUT2D eigenvalue weighted by atomic mass is 9.94. The first-order chi connectivity index (χ1) is 9.08. The second kappa shape index (κ2) is 6.38. The second-order valence-corrected chi connectivity index (χ2v) is 6.21. The number of pyridine rings is 1. The van der Waals surface area contributed by atoms with Crippen LogP contribution in [0, 0.1) is 5.92 Å².